The minimum Gasteiger partial charge on any atom is -0.349 e. The van der Waals surface area contributed by atoms with E-state index >= 15 is 0 Å². The molecule has 1 aromatic heterocycles. The number of hydrogen-bond donors (Lipinski definition) is 1. The van der Waals surface area contributed by atoms with Gasteiger partial charge >= 0.3 is 0 Å². The Morgan fingerprint density at radius 1 is 1.32 bits per heavy atom. The zero-order valence-corrected chi connectivity index (χ0v) is 18.0. The van der Waals surface area contributed by atoms with Crippen LogP contribution >= 0.6 is 11.6 Å². The highest BCUT2D eigenvalue weighted by Gasteiger charge is 2.28. The van der Waals surface area contributed by atoms with Crippen molar-refractivity contribution in [2.45, 2.75) is 32.4 Å². The third-order valence-corrected chi connectivity index (χ3v) is 5.75. The van der Waals surface area contributed by atoms with Gasteiger partial charge in [-0.05, 0) is 56.1 Å². The molecule has 4 rings (SSSR count). The minimum absolute atomic E-state index is 0.00618. The van der Waals surface area contributed by atoms with Gasteiger partial charge in [-0.1, -0.05) is 41.0 Å². The SMILES string of the molecule is CC(NC(=O)C1CCCN(Cc2nc(-c3cccc(Cl)c3)no2)C1)c1ccc(F)cc1. The molecule has 8 heteroatoms. The van der Waals surface area contributed by atoms with Crippen LogP contribution in [0.2, 0.25) is 5.02 Å². The molecule has 1 fully saturated rings. The van der Waals surface area contributed by atoms with E-state index in [4.69, 9.17) is 16.1 Å². The van der Waals surface area contributed by atoms with Gasteiger partial charge in [-0.25, -0.2) is 4.39 Å². The van der Waals surface area contributed by atoms with Crippen LogP contribution in [0.3, 0.4) is 0 Å². The highest BCUT2D eigenvalue weighted by atomic mass is 35.5. The summed E-state index contributed by atoms with van der Waals surface area (Å²) in [7, 11) is 0. The number of aromatic nitrogens is 2. The smallest absolute Gasteiger partial charge is 0.241 e. The molecule has 0 saturated carbocycles. The highest BCUT2D eigenvalue weighted by Crippen LogP contribution is 2.23. The van der Waals surface area contributed by atoms with E-state index in [-0.39, 0.29) is 23.7 Å². The summed E-state index contributed by atoms with van der Waals surface area (Å²) in [4.78, 5) is 19.4. The van der Waals surface area contributed by atoms with Crippen LogP contribution in [0, 0.1) is 11.7 Å². The molecule has 3 aromatic rings. The maximum Gasteiger partial charge on any atom is 0.241 e. The number of likely N-dealkylation sites (tertiary alicyclic amines) is 1. The number of nitrogens with one attached hydrogen (secondary N) is 1. The molecule has 31 heavy (non-hydrogen) atoms. The number of carbonyl (C=O) groups is 1. The molecule has 1 amide bonds. The first-order chi connectivity index (χ1) is 15.0. The van der Waals surface area contributed by atoms with Crippen LogP contribution in [0.1, 0.15) is 37.3 Å². The van der Waals surface area contributed by atoms with Gasteiger partial charge < -0.3 is 9.84 Å². The molecule has 0 spiro atoms. The molecule has 2 aromatic carbocycles. The second-order valence-electron chi connectivity index (χ2n) is 7.88. The molecule has 0 aliphatic carbocycles. The van der Waals surface area contributed by atoms with Crippen LogP contribution in [0.4, 0.5) is 4.39 Å². The second kappa shape index (κ2) is 9.58. The van der Waals surface area contributed by atoms with Gasteiger partial charge in [0.05, 0.1) is 18.5 Å². The monoisotopic (exact) mass is 442 g/mol. The van der Waals surface area contributed by atoms with E-state index in [1.54, 1.807) is 24.3 Å². The number of nitrogens with zero attached hydrogens (tertiary/aromatic N) is 3. The van der Waals surface area contributed by atoms with Crippen molar-refractivity contribution in [2.75, 3.05) is 13.1 Å². The Hall–Kier alpha value is -2.77. The lowest BCUT2D eigenvalue weighted by molar-refractivity contribution is -0.127. The Labute approximate surface area is 185 Å². The van der Waals surface area contributed by atoms with Crippen molar-refractivity contribution in [1.29, 1.82) is 0 Å². The van der Waals surface area contributed by atoms with E-state index in [2.05, 4.69) is 20.4 Å². The van der Waals surface area contributed by atoms with Crippen molar-refractivity contribution < 1.29 is 13.7 Å². The number of rotatable bonds is 6. The van der Waals surface area contributed by atoms with E-state index in [0.717, 1.165) is 30.5 Å². The van der Waals surface area contributed by atoms with Crippen LogP contribution in [-0.2, 0) is 11.3 Å². The quantitative estimate of drug-likeness (QED) is 0.603. The summed E-state index contributed by atoms with van der Waals surface area (Å²) in [5.74, 6) is 0.607. The molecule has 162 valence electrons. The summed E-state index contributed by atoms with van der Waals surface area (Å²) < 4.78 is 18.5. The molecule has 1 aliphatic heterocycles. The molecule has 2 atom stereocenters. The zero-order chi connectivity index (χ0) is 21.8. The third kappa shape index (κ3) is 5.48. The molecule has 1 saturated heterocycles. The normalized spacial score (nSPS) is 18.0. The standard InChI is InChI=1S/C23H24ClFN4O2/c1-15(16-7-9-20(25)10-8-16)26-23(30)18-5-3-11-29(13-18)14-21-27-22(28-31-21)17-4-2-6-19(24)12-17/h2,4,6-10,12,15,18H,3,5,11,13-14H2,1H3,(H,26,30). The van der Waals surface area contributed by atoms with Gasteiger partial charge in [-0.15, -0.1) is 0 Å². The fourth-order valence-electron chi connectivity index (χ4n) is 3.83. The van der Waals surface area contributed by atoms with Gasteiger partial charge in [0, 0.05) is 17.1 Å². The lowest BCUT2D eigenvalue weighted by Gasteiger charge is -2.31. The predicted octanol–water partition coefficient (Wildman–Crippen LogP) is 4.62. The first-order valence-electron chi connectivity index (χ1n) is 10.3. The molecule has 0 radical (unpaired) electrons. The summed E-state index contributed by atoms with van der Waals surface area (Å²) in [6.07, 6.45) is 1.74. The van der Waals surface area contributed by atoms with Crippen LogP contribution in [0.25, 0.3) is 11.4 Å². The lowest BCUT2D eigenvalue weighted by Crippen LogP contribution is -2.43. The summed E-state index contributed by atoms with van der Waals surface area (Å²) in [5.41, 5.74) is 1.68. The van der Waals surface area contributed by atoms with Crippen molar-refractivity contribution in [3.8, 4) is 11.4 Å². The summed E-state index contributed by atoms with van der Waals surface area (Å²) in [6.45, 7) is 3.88. The molecular weight excluding hydrogens is 419 g/mol. The fraction of sp³-hybridized carbons (Fsp3) is 0.348. The molecule has 0 bridgehead atoms. The first kappa shape index (κ1) is 21.5. The molecule has 1 aliphatic rings. The Morgan fingerprint density at radius 2 is 2.13 bits per heavy atom. The highest BCUT2D eigenvalue weighted by molar-refractivity contribution is 6.30. The minimum atomic E-state index is -0.287. The Kier molecular flexibility index (Phi) is 6.63. The number of piperidine rings is 1. The summed E-state index contributed by atoms with van der Waals surface area (Å²) in [5, 5.41) is 7.71. The van der Waals surface area contributed by atoms with Gasteiger partial charge in [-0.3, -0.25) is 9.69 Å². The van der Waals surface area contributed by atoms with E-state index in [0.29, 0.717) is 29.8 Å². The number of carbonyl (C=O) groups excluding carboxylic acids is 1. The Balaban J connectivity index is 1.34. The number of benzene rings is 2. The molecular formula is C23H24ClFN4O2. The topological polar surface area (TPSA) is 71.3 Å². The third-order valence-electron chi connectivity index (χ3n) is 5.51. The first-order valence-corrected chi connectivity index (χ1v) is 10.7. The maximum atomic E-state index is 13.1. The predicted molar refractivity (Wildman–Crippen MR) is 116 cm³/mol. The van der Waals surface area contributed by atoms with E-state index in [1.807, 2.05) is 19.1 Å². The number of amides is 1. The number of halogens is 2. The van der Waals surface area contributed by atoms with Gasteiger partial charge in [-0.2, -0.15) is 4.98 Å². The van der Waals surface area contributed by atoms with Crippen LogP contribution in [0.5, 0.6) is 0 Å². The molecule has 6 nitrogen and oxygen atoms in total. The second-order valence-corrected chi connectivity index (χ2v) is 8.31. The van der Waals surface area contributed by atoms with Crippen LogP contribution in [0.15, 0.2) is 53.1 Å². The van der Waals surface area contributed by atoms with Crippen molar-refractivity contribution in [2.24, 2.45) is 5.92 Å². The average molecular weight is 443 g/mol. The van der Waals surface area contributed by atoms with Crippen LogP contribution in [-0.4, -0.2) is 34.0 Å². The van der Waals surface area contributed by atoms with E-state index < -0.39 is 0 Å². The number of hydrogen-bond acceptors (Lipinski definition) is 5. The average Bonchev–Trinajstić information content (AvgIpc) is 3.23. The fourth-order valence-corrected chi connectivity index (χ4v) is 4.02. The molecule has 2 unspecified atom stereocenters. The molecule has 2 heterocycles. The molecule has 1 N–H and O–H groups in total. The van der Waals surface area contributed by atoms with Crippen molar-refractivity contribution in [3.63, 3.8) is 0 Å². The Morgan fingerprint density at radius 3 is 2.90 bits per heavy atom. The van der Waals surface area contributed by atoms with Gasteiger partial charge in [0.25, 0.3) is 0 Å². The lowest BCUT2D eigenvalue weighted by atomic mass is 9.96. The van der Waals surface area contributed by atoms with Crippen molar-refractivity contribution in [3.05, 3.63) is 70.8 Å². The largest absolute Gasteiger partial charge is 0.349 e. The van der Waals surface area contributed by atoms with Crippen LogP contribution < -0.4 is 5.32 Å². The van der Waals surface area contributed by atoms with Gasteiger partial charge in [0.2, 0.25) is 17.6 Å². The maximum absolute atomic E-state index is 13.1. The van der Waals surface area contributed by atoms with Gasteiger partial charge in [0.15, 0.2) is 0 Å². The Bertz CT molecular complexity index is 1040. The summed E-state index contributed by atoms with van der Waals surface area (Å²) in [6, 6.07) is 13.3. The van der Waals surface area contributed by atoms with Crippen molar-refractivity contribution >= 4 is 17.5 Å². The zero-order valence-electron chi connectivity index (χ0n) is 17.2. The summed E-state index contributed by atoms with van der Waals surface area (Å²) >= 11 is 6.04. The van der Waals surface area contributed by atoms with Gasteiger partial charge in [0.1, 0.15) is 5.82 Å². The van der Waals surface area contributed by atoms with E-state index in [1.165, 1.54) is 12.1 Å². The van der Waals surface area contributed by atoms with E-state index in [9.17, 15) is 9.18 Å². The van der Waals surface area contributed by atoms with Crippen molar-refractivity contribution in [1.82, 2.24) is 20.4 Å².